The molecule has 3 fully saturated rings. The summed E-state index contributed by atoms with van der Waals surface area (Å²) in [4.78, 5) is 30.6. The SMILES string of the molecule is Cc1ccccc1[C@@H]1[C@H]2CN(C3COCCOC3)C[C@H]2CN1C(=O)c1cccnc1.O=CO. The zero-order valence-electron chi connectivity index (χ0n) is 18.9. The first kappa shape index (κ1) is 23.4. The Kier molecular flexibility index (Phi) is 7.69. The van der Waals surface area contributed by atoms with Crippen LogP contribution in [0, 0.1) is 18.8 Å². The van der Waals surface area contributed by atoms with Crippen LogP contribution in [-0.2, 0) is 14.3 Å². The number of benzene rings is 1. The molecule has 0 bridgehead atoms. The fourth-order valence-corrected chi connectivity index (χ4v) is 5.37. The monoisotopic (exact) mass is 453 g/mol. The molecule has 0 saturated carbocycles. The molecule has 8 heteroatoms. The van der Waals surface area contributed by atoms with Gasteiger partial charge in [0.25, 0.3) is 12.4 Å². The van der Waals surface area contributed by atoms with Gasteiger partial charge in [-0.2, -0.15) is 0 Å². The van der Waals surface area contributed by atoms with Gasteiger partial charge in [-0.3, -0.25) is 19.5 Å². The number of hydrogen-bond acceptors (Lipinski definition) is 6. The molecule has 4 heterocycles. The average molecular weight is 454 g/mol. The predicted molar refractivity (Wildman–Crippen MR) is 122 cm³/mol. The highest BCUT2D eigenvalue weighted by atomic mass is 16.5. The van der Waals surface area contributed by atoms with E-state index < -0.39 is 0 Å². The van der Waals surface area contributed by atoms with E-state index in [1.807, 2.05) is 12.1 Å². The lowest BCUT2D eigenvalue weighted by atomic mass is 9.87. The molecule has 3 aliphatic rings. The minimum Gasteiger partial charge on any atom is -0.483 e. The van der Waals surface area contributed by atoms with Crippen LogP contribution in [0.5, 0.6) is 0 Å². The minimum absolute atomic E-state index is 0.0819. The van der Waals surface area contributed by atoms with E-state index in [1.165, 1.54) is 11.1 Å². The number of amides is 1. The average Bonchev–Trinajstić information content (AvgIpc) is 3.26. The molecule has 1 N–H and O–H groups in total. The minimum atomic E-state index is -0.250. The van der Waals surface area contributed by atoms with Gasteiger partial charge < -0.3 is 19.5 Å². The van der Waals surface area contributed by atoms with Crippen molar-refractivity contribution in [2.24, 2.45) is 11.8 Å². The number of ether oxygens (including phenoxy) is 2. The molecule has 33 heavy (non-hydrogen) atoms. The summed E-state index contributed by atoms with van der Waals surface area (Å²) in [7, 11) is 0. The van der Waals surface area contributed by atoms with Crippen LogP contribution in [0.1, 0.15) is 27.5 Å². The van der Waals surface area contributed by atoms with Crippen molar-refractivity contribution in [3.8, 4) is 0 Å². The van der Waals surface area contributed by atoms with E-state index >= 15 is 0 Å². The van der Waals surface area contributed by atoms with Gasteiger partial charge in [0.15, 0.2) is 0 Å². The number of aromatic nitrogens is 1. The molecule has 3 atom stereocenters. The maximum absolute atomic E-state index is 13.4. The topological polar surface area (TPSA) is 92.2 Å². The zero-order chi connectivity index (χ0) is 23.2. The van der Waals surface area contributed by atoms with Gasteiger partial charge in [-0.1, -0.05) is 24.3 Å². The quantitative estimate of drug-likeness (QED) is 0.713. The Balaban J connectivity index is 0.000000821. The van der Waals surface area contributed by atoms with Crippen LogP contribution >= 0.6 is 0 Å². The van der Waals surface area contributed by atoms with E-state index in [-0.39, 0.29) is 18.4 Å². The van der Waals surface area contributed by atoms with Crippen LogP contribution in [0.3, 0.4) is 0 Å². The summed E-state index contributed by atoms with van der Waals surface area (Å²) in [6.45, 7) is 7.45. The van der Waals surface area contributed by atoms with Crippen LogP contribution < -0.4 is 0 Å². The van der Waals surface area contributed by atoms with Crippen molar-refractivity contribution in [2.45, 2.75) is 19.0 Å². The van der Waals surface area contributed by atoms with Crippen LogP contribution in [0.2, 0.25) is 0 Å². The molecule has 2 aromatic rings. The summed E-state index contributed by atoms with van der Waals surface area (Å²) < 4.78 is 11.5. The van der Waals surface area contributed by atoms with Gasteiger partial charge in [0.1, 0.15) is 0 Å². The van der Waals surface area contributed by atoms with Crippen LogP contribution in [0.15, 0.2) is 48.8 Å². The van der Waals surface area contributed by atoms with Crippen molar-refractivity contribution >= 4 is 12.4 Å². The van der Waals surface area contributed by atoms with Crippen LogP contribution in [0.25, 0.3) is 0 Å². The lowest BCUT2D eigenvalue weighted by Crippen LogP contribution is -2.42. The molecule has 3 aliphatic heterocycles. The highest BCUT2D eigenvalue weighted by Crippen LogP contribution is 2.46. The van der Waals surface area contributed by atoms with Crippen molar-refractivity contribution in [3.63, 3.8) is 0 Å². The van der Waals surface area contributed by atoms with Gasteiger partial charge in [-0.25, -0.2) is 0 Å². The molecule has 0 aliphatic carbocycles. The summed E-state index contributed by atoms with van der Waals surface area (Å²) in [6.07, 6.45) is 3.39. The third-order valence-electron chi connectivity index (χ3n) is 6.88. The number of aryl methyl sites for hydroxylation is 1. The number of pyridine rings is 1. The van der Waals surface area contributed by atoms with Gasteiger partial charge in [-0.05, 0) is 36.1 Å². The number of nitrogens with zero attached hydrogens (tertiary/aromatic N) is 3. The first-order valence-corrected chi connectivity index (χ1v) is 11.4. The Bertz CT molecular complexity index is 933. The standard InChI is InChI=1S/C24H29N3O3.CH2O2/c1-17-5-2-3-7-21(17)23-22-14-26(20-15-29-9-10-30-16-20)12-19(22)13-27(23)24(28)18-6-4-8-25-11-18;2-1-3/h2-8,11,19-20,22-23H,9-10,12-16H2,1H3;1H,(H,2,3)/t19-,22-,23+;/m0./s1. The second kappa shape index (κ2) is 10.9. The lowest BCUT2D eigenvalue weighted by Gasteiger charge is -2.32. The van der Waals surface area contributed by atoms with E-state index in [4.69, 9.17) is 19.4 Å². The molecular formula is C25H31N3O5. The number of carboxylic acid groups (broad SMARTS) is 1. The maximum Gasteiger partial charge on any atom is 0.290 e. The van der Waals surface area contributed by atoms with Crippen LogP contribution in [-0.4, -0.2) is 84.4 Å². The summed E-state index contributed by atoms with van der Waals surface area (Å²) in [5, 5.41) is 6.89. The number of fused-ring (bicyclic) bond motifs is 1. The van der Waals surface area contributed by atoms with Gasteiger partial charge in [0.05, 0.1) is 44.1 Å². The Labute approximate surface area is 194 Å². The van der Waals surface area contributed by atoms with Gasteiger partial charge in [0.2, 0.25) is 0 Å². The summed E-state index contributed by atoms with van der Waals surface area (Å²) in [5.41, 5.74) is 3.17. The first-order chi connectivity index (χ1) is 16.1. The second-order valence-corrected chi connectivity index (χ2v) is 8.79. The first-order valence-electron chi connectivity index (χ1n) is 11.4. The smallest absolute Gasteiger partial charge is 0.290 e. The largest absolute Gasteiger partial charge is 0.483 e. The van der Waals surface area contributed by atoms with Crippen LogP contribution in [0.4, 0.5) is 0 Å². The lowest BCUT2D eigenvalue weighted by molar-refractivity contribution is -0.122. The normalized spacial score (nSPS) is 25.6. The number of carbonyl (C=O) groups excluding carboxylic acids is 1. The van der Waals surface area contributed by atoms with E-state index in [2.05, 4.69) is 46.0 Å². The highest BCUT2D eigenvalue weighted by molar-refractivity contribution is 5.94. The molecule has 8 nitrogen and oxygen atoms in total. The third kappa shape index (κ3) is 5.08. The Hall–Kier alpha value is -2.81. The maximum atomic E-state index is 13.4. The van der Waals surface area contributed by atoms with Gasteiger partial charge in [0, 0.05) is 37.9 Å². The Morgan fingerprint density at radius 2 is 1.82 bits per heavy atom. The molecular weight excluding hydrogens is 422 g/mol. The van der Waals surface area contributed by atoms with Crippen molar-refractivity contribution in [1.82, 2.24) is 14.8 Å². The molecule has 0 spiro atoms. The van der Waals surface area contributed by atoms with E-state index in [1.54, 1.807) is 12.4 Å². The Morgan fingerprint density at radius 3 is 2.48 bits per heavy atom. The van der Waals surface area contributed by atoms with E-state index in [0.29, 0.717) is 36.7 Å². The van der Waals surface area contributed by atoms with Gasteiger partial charge in [-0.15, -0.1) is 0 Å². The molecule has 0 unspecified atom stereocenters. The highest BCUT2D eigenvalue weighted by Gasteiger charge is 2.50. The summed E-state index contributed by atoms with van der Waals surface area (Å²) >= 11 is 0. The van der Waals surface area contributed by atoms with Crippen molar-refractivity contribution in [1.29, 1.82) is 0 Å². The number of hydrogen-bond donors (Lipinski definition) is 1. The molecule has 176 valence electrons. The number of carbonyl (C=O) groups is 2. The summed E-state index contributed by atoms with van der Waals surface area (Å²) in [6, 6.07) is 12.6. The predicted octanol–water partition coefficient (Wildman–Crippen LogP) is 2.25. The van der Waals surface area contributed by atoms with E-state index in [0.717, 1.165) is 32.8 Å². The third-order valence-corrected chi connectivity index (χ3v) is 6.88. The number of likely N-dealkylation sites (tertiary alicyclic amines) is 2. The van der Waals surface area contributed by atoms with Crippen molar-refractivity contribution in [3.05, 3.63) is 65.5 Å². The Morgan fingerprint density at radius 1 is 1.09 bits per heavy atom. The fourth-order valence-electron chi connectivity index (χ4n) is 5.37. The zero-order valence-corrected chi connectivity index (χ0v) is 18.9. The van der Waals surface area contributed by atoms with Crippen molar-refractivity contribution in [2.75, 3.05) is 46.1 Å². The fraction of sp³-hybridized carbons (Fsp3) is 0.480. The molecule has 5 rings (SSSR count). The summed E-state index contributed by atoms with van der Waals surface area (Å²) in [5.74, 6) is 0.951. The molecule has 0 radical (unpaired) electrons. The molecule has 1 amide bonds. The van der Waals surface area contributed by atoms with Crippen molar-refractivity contribution < 1.29 is 24.2 Å². The molecule has 3 saturated heterocycles. The molecule has 1 aromatic heterocycles. The van der Waals surface area contributed by atoms with E-state index in [9.17, 15) is 4.79 Å². The molecule has 1 aromatic carbocycles. The second-order valence-electron chi connectivity index (χ2n) is 8.79. The number of rotatable bonds is 3. The van der Waals surface area contributed by atoms with Gasteiger partial charge >= 0.3 is 0 Å².